The highest BCUT2D eigenvalue weighted by molar-refractivity contribution is 5.67. The highest BCUT2D eigenvalue weighted by atomic mass is 16.6. The molecule has 0 aromatic heterocycles. The van der Waals surface area contributed by atoms with Gasteiger partial charge >= 0.3 is 11.9 Å². The monoisotopic (exact) mass is 536 g/mol. The van der Waals surface area contributed by atoms with Gasteiger partial charge in [-0.3, -0.25) is 9.59 Å². The van der Waals surface area contributed by atoms with Crippen molar-refractivity contribution in [1.82, 2.24) is 0 Å². The lowest BCUT2D eigenvalue weighted by atomic mass is 9.44. The fourth-order valence-corrected chi connectivity index (χ4v) is 10.1. The van der Waals surface area contributed by atoms with Crippen LogP contribution in [0.3, 0.4) is 0 Å². The van der Waals surface area contributed by atoms with Crippen molar-refractivity contribution in [2.45, 2.75) is 151 Å². The van der Waals surface area contributed by atoms with E-state index in [1.165, 1.54) is 13.8 Å². The summed E-state index contributed by atoms with van der Waals surface area (Å²) in [7, 11) is 0. The van der Waals surface area contributed by atoms with Crippen LogP contribution in [0.15, 0.2) is 0 Å². The molecule has 0 radical (unpaired) electrons. The molecule has 216 valence electrons. The van der Waals surface area contributed by atoms with Crippen molar-refractivity contribution in [2.24, 2.45) is 23.7 Å². The Labute approximate surface area is 226 Å². The molecule has 0 amide bonds. The van der Waals surface area contributed by atoms with Gasteiger partial charge in [0.25, 0.3) is 0 Å². The van der Waals surface area contributed by atoms with Crippen molar-refractivity contribution in [3.8, 4) is 0 Å². The maximum absolute atomic E-state index is 11.5. The smallest absolute Gasteiger partial charge is 0.303 e. The predicted molar refractivity (Wildman–Crippen MR) is 139 cm³/mol. The van der Waals surface area contributed by atoms with Gasteiger partial charge in [0.1, 0.15) is 22.4 Å². The zero-order valence-corrected chi connectivity index (χ0v) is 23.2. The number of hydrogen-bond donors (Lipinski definition) is 4. The molecule has 0 heterocycles. The quantitative estimate of drug-likeness (QED) is 0.394. The van der Waals surface area contributed by atoms with Crippen LogP contribution in [0.1, 0.15) is 117 Å². The Morgan fingerprint density at radius 2 is 0.842 bits per heavy atom. The Morgan fingerprint density at radius 1 is 0.553 bits per heavy atom. The Hall–Kier alpha value is -1.22. The second-order valence-corrected chi connectivity index (χ2v) is 13.2. The molecule has 0 saturated heterocycles. The maximum atomic E-state index is 11.5. The number of rotatable bonds is 2. The van der Waals surface area contributed by atoms with Crippen LogP contribution in [0.5, 0.6) is 0 Å². The molecule has 0 unspecified atom stereocenters. The zero-order chi connectivity index (χ0) is 27.3. The van der Waals surface area contributed by atoms with Gasteiger partial charge in [-0.25, -0.2) is 0 Å². The zero-order valence-electron chi connectivity index (χ0n) is 23.2. The van der Waals surface area contributed by atoms with E-state index in [-0.39, 0.29) is 35.6 Å². The third kappa shape index (κ3) is 4.07. The molecule has 6 saturated carbocycles. The van der Waals surface area contributed by atoms with Gasteiger partial charge in [-0.15, -0.1) is 0 Å². The summed E-state index contributed by atoms with van der Waals surface area (Å²) in [5.74, 6) is -0.815. The van der Waals surface area contributed by atoms with E-state index in [9.17, 15) is 30.0 Å². The molecular formula is C30H48O8. The highest BCUT2D eigenvalue weighted by Crippen LogP contribution is 2.66. The van der Waals surface area contributed by atoms with E-state index in [4.69, 9.17) is 9.47 Å². The van der Waals surface area contributed by atoms with E-state index < -0.39 is 34.6 Å². The van der Waals surface area contributed by atoms with E-state index in [1.807, 2.05) is 0 Å². The van der Waals surface area contributed by atoms with Crippen LogP contribution in [-0.4, -0.2) is 67.0 Å². The number of aliphatic hydroxyl groups is 4. The van der Waals surface area contributed by atoms with E-state index in [1.54, 1.807) is 0 Å². The van der Waals surface area contributed by atoms with Crippen molar-refractivity contribution in [2.75, 3.05) is 0 Å². The molecule has 4 N–H and O–H groups in total. The molecule has 0 spiro atoms. The minimum absolute atomic E-state index is 0.0734. The number of aliphatic hydroxyl groups excluding tert-OH is 2. The number of ether oxygens (including phenoxy) is 2. The number of fused-ring (bicyclic) bond motifs is 8. The number of carbonyl (C=O) groups excluding carboxylic acids is 2. The fourth-order valence-electron chi connectivity index (χ4n) is 10.1. The predicted octanol–water partition coefficient (Wildman–Crippen LogP) is 3.55. The van der Waals surface area contributed by atoms with Gasteiger partial charge in [-0.2, -0.15) is 0 Å². The third-order valence-electron chi connectivity index (χ3n) is 11.4. The van der Waals surface area contributed by atoms with Crippen molar-refractivity contribution in [3.63, 3.8) is 0 Å². The molecule has 0 aliphatic heterocycles. The first-order valence-electron chi connectivity index (χ1n) is 15.2. The molecule has 6 aliphatic rings. The highest BCUT2D eigenvalue weighted by Gasteiger charge is 2.75. The van der Waals surface area contributed by atoms with Crippen molar-refractivity contribution in [1.29, 1.82) is 0 Å². The topological polar surface area (TPSA) is 134 Å². The maximum Gasteiger partial charge on any atom is 0.303 e. The van der Waals surface area contributed by atoms with E-state index in [0.717, 1.165) is 89.9 Å². The van der Waals surface area contributed by atoms with Crippen LogP contribution in [0, 0.1) is 23.7 Å². The summed E-state index contributed by atoms with van der Waals surface area (Å²) in [6.07, 6.45) is 13.2. The standard InChI is InChI=1S/2C15H24O4/c2*1-10(16)19-14-9-5-4-7-12(14)15(18)11(14)6-2-3-8-13(15)17/h2*11-13,17-18H,2-9H2,1H3/t2*11-,12+,13+,14-,15+/m10/s1. The number of esters is 2. The van der Waals surface area contributed by atoms with Crippen LogP contribution >= 0.6 is 0 Å². The van der Waals surface area contributed by atoms with Crippen LogP contribution in [0.4, 0.5) is 0 Å². The molecule has 6 rings (SSSR count). The van der Waals surface area contributed by atoms with Crippen molar-refractivity contribution in [3.05, 3.63) is 0 Å². The summed E-state index contributed by atoms with van der Waals surface area (Å²) >= 11 is 0. The largest absolute Gasteiger partial charge is 0.458 e. The average Bonchev–Trinajstić information content (AvgIpc) is 3.08. The normalized spacial score (nSPS) is 49.3. The van der Waals surface area contributed by atoms with Gasteiger partial charge in [-0.05, 0) is 64.2 Å². The van der Waals surface area contributed by atoms with Crippen molar-refractivity contribution < 1.29 is 39.5 Å². The van der Waals surface area contributed by atoms with Crippen LogP contribution in [0.2, 0.25) is 0 Å². The molecule has 6 fully saturated rings. The molecular weight excluding hydrogens is 488 g/mol. The van der Waals surface area contributed by atoms with Crippen molar-refractivity contribution >= 4 is 11.9 Å². The third-order valence-corrected chi connectivity index (χ3v) is 11.4. The second-order valence-electron chi connectivity index (χ2n) is 13.2. The molecule has 8 heteroatoms. The van der Waals surface area contributed by atoms with Gasteiger partial charge < -0.3 is 29.9 Å². The van der Waals surface area contributed by atoms with Gasteiger partial charge in [0, 0.05) is 37.5 Å². The molecule has 0 aromatic rings. The SMILES string of the molecule is CC(=O)O[C@@]12CCCC[C@@H]1[C@@]1(O)[C@@H]2CCCC[C@@H]1O.CC(=O)O[C@]12CCCC[C@H]1[C@@]1(O)[C@H](O)CCCC[C@@H]21. The van der Waals surface area contributed by atoms with Gasteiger partial charge in [-0.1, -0.05) is 38.5 Å². The first-order valence-corrected chi connectivity index (χ1v) is 15.2. The molecule has 10 atom stereocenters. The fraction of sp³-hybridized carbons (Fsp3) is 0.933. The van der Waals surface area contributed by atoms with Gasteiger partial charge in [0.15, 0.2) is 0 Å². The minimum Gasteiger partial charge on any atom is -0.458 e. The molecule has 8 nitrogen and oxygen atoms in total. The number of hydrogen-bond acceptors (Lipinski definition) is 8. The van der Waals surface area contributed by atoms with E-state index in [2.05, 4.69) is 0 Å². The van der Waals surface area contributed by atoms with E-state index >= 15 is 0 Å². The van der Waals surface area contributed by atoms with Gasteiger partial charge in [0.2, 0.25) is 0 Å². The minimum atomic E-state index is -1.02. The van der Waals surface area contributed by atoms with Crippen LogP contribution in [-0.2, 0) is 19.1 Å². The Morgan fingerprint density at radius 3 is 1.16 bits per heavy atom. The molecule has 0 bridgehead atoms. The Balaban J connectivity index is 0.000000155. The lowest BCUT2D eigenvalue weighted by molar-refractivity contribution is -0.334. The summed E-state index contributed by atoms with van der Waals surface area (Å²) in [6.45, 7) is 2.90. The average molecular weight is 537 g/mol. The van der Waals surface area contributed by atoms with Crippen LogP contribution in [0.25, 0.3) is 0 Å². The summed E-state index contributed by atoms with van der Waals surface area (Å²) in [4.78, 5) is 23.0. The van der Waals surface area contributed by atoms with Crippen LogP contribution < -0.4 is 0 Å². The molecule has 6 aliphatic carbocycles. The first-order chi connectivity index (χ1) is 18.0. The summed E-state index contributed by atoms with van der Waals surface area (Å²) < 4.78 is 11.4. The Bertz CT molecular complexity index is 837. The number of carbonyl (C=O) groups is 2. The first kappa shape index (κ1) is 28.3. The van der Waals surface area contributed by atoms with E-state index in [0.29, 0.717) is 12.8 Å². The van der Waals surface area contributed by atoms with Gasteiger partial charge in [0.05, 0.1) is 12.2 Å². The molecule has 38 heavy (non-hydrogen) atoms. The molecule has 0 aromatic carbocycles. The summed E-state index contributed by atoms with van der Waals surface area (Å²) in [5, 5.41) is 42.7. The second kappa shape index (κ2) is 10.3. The lowest BCUT2D eigenvalue weighted by Gasteiger charge is -2.67. The lowest BCUT2D eigenvalue weighted by Crippen LogP contribution is -2.79. The summed E-state index contributed by atoms with van der Waals surface area (Å²) in [5.41, 5.74) is -3.03. The summed E-state index contributed by atoms with van der Waals surface area (Å²) in [6, 6.07) is 0. The Kier molecular flexibility index (Phi) is 7.68.